The quantitative estimate of drug-likeness (QED) is 0.732. The van der Waals surface area contributed by atoms with E-state index in [9.17, 15) is 5.11 Å². The van der Waals surface area contributed by atoms with Gasteiger partial charge in [0.05, 0.1) is 13.2 Å². The first-order valence-electron chi connectivity index (χ1n) is 8.46. The first kappa shape index (κ1) is 18.1. The van der Waals surface area contributed by atoms with Crippen molar-refractivity contribution in [3.63, 3.8) is 0 Å². The summed E-state index contributed by atoms with van der Waals surface area (Å²) in [5.74, 6) is 0.177. The average Bonchev–Trinajstić information content (AvgIpc) is 3.24. The molecule has 2 atom stereocenters. The number of halogens is 1. The Morgan fingerprint density at radius 1 is 1.40 bits per heavy atom. The highest BCUT2D eigenvalue weighted by Gasteiger charge is 2.42. The van der Waals surface area contributed by atoms with Gasteiger partial charge in [-0.15, -0.1) is 6.58 Å². The lowest BCUT2D eigenvalue weighted by atomic mass is 9.99. The number of hydrogen-bond donors (Lipinski definition) is 1. The fraction of sp³-hybridized carbons (Fsp3) is 0.421. The average molecular weight is 363 g/mol. The van der Waals surface area contributed by atoms with E-state index in [1.807, 2.05) is 36.5 Å². The number of aromatic nitrogens is 2. The number of aliphatic hydroxyl groups is 1. The fourth-order valence-corrected chi connectivity index (χ4v) is 3.26. The molecule has 3 rings (SSSR count). The number of allylic oxidation sites excluding steroid dienone is 1. The Bertz CT molecular complexity index is 701. The largest absolute Gasteiger partial charge is 0.394 e. The molecule has 2 heterocycles. The molecule has 1 N–H and O–H groups in total. The van der Waals surface area contributed by atoms with E-state index in [0.29, 0.717) is 18.1 Å². The third-order valence-corrected chi connectivity index (χ3v) is 4.63. The molecule has 0 unspecified atom stereocenters. The van der Waals surface area contributed by atoms with Crippen LogP contribution in [-0.4, -0.2) is 34.0 Å². The molecule has 0 bridgehead atoms. The molecule has 6 heteroatoms. The van der Waals surface area contributed by atoms with Crippen molar-refractivity contribution in [3.8, 4) is 0 Å². The van der Waals surface area contributed by atoms with E-state index in [0.717, 1.165) is 30.8 Å². The number of aryl methyl sites for hydroxylation is 1. The summed E-state index contributed by atoms with van der Waals surface area (Å²) in [6, 6.07) is 7.49. The lowest BCUT2D eigenvalue weighted by Gasteiger charge is -2.28. The smallest absolute Gasteiger partial charge is 0.195 e. The number of aliphatic hydroxyl groups excluding tert-OH is 1. The molecule has 1 saturated heterocycles. The van der Waals surface area contributed by atoms with Gasteiger partial charge < -0.3 is 19.1 Å². The van der Waals surface area contributed by atoms with Crippen molar-refractivity contribution in [3.05, 3.63) is 65.7 Å². The van der Waals surface area contributed by atoms with Crippen LogP contribution in [0.4, 0.5) is 0 Å². The van der Waals surface area contributed by atoms with Gasteiger partial charge in [0.1, 0.15) is 11.9 Å². The maximum Gasteiger partial charge on any atom is 0.195 e. The summed E-state index contributed by atoms with van der Waals surface area (Å²) in [5.41, 5.74) is 0.919. The zero-order chi connectivity index (χ0) is 17.7. The van der Waals surface area contributed by atoms with Gasteiger partial charge in [-0.1, -0.05) is 29.8 Å². The molecule has 1 aliphatic rings. The predicted octanol–water partition coefficient (Wildman–Crippen LogP) is 3.31. The van der Waals surface area contributed by atoms with E-state index in [4.69, 9.17) is 21.1 Å². The molecule has 1 aliphatic heterocycles. The maximum atomic E-state index is 9.41. The SMILES string of the molecule is C=CCn1ccnc1CCC[C@]1(c2ccc(Cl)cc2)OC[C@H](CO)O1. The highest BCUT2D eigenvalue weighted by Crippen LogP contribution is 2.39. The van der Waals surface area contributed by atoms with Crippen LogP contribution < -0.4 is 0 Å². The van der Waals surface area contributed by atoms with Gasteiger partial charge in [0.15, 0.2) is 5.79 Å². The third kappa shape index (κ3) is 4.12. The summed E-state index contributed by atoms with van der Waals surface area (Å²) in [7, 11) is 0. The first-order chi connectivity index (χ1) is 12.2. The summed E-state index contributed by atoms with van der Waals surface area (Å²) >= 11 is 6.00. The Balaban J connectivity index is 1.71. The lowest BCUT2D eigenvalue weighted by molar-refractivity contribution is -0.185. The van der Waals surface area contributed by atoms with E-state index in [1.54, 1.807) is 6.20 Å². The van der Waals surface area contributed by atoms with Gasteiger partial charge in [-0.25, -0.2) is 4.98 Å². The number of rotatable bonds is 8. The van der Waals surface area contributed by atoms with Crippen LogP contribution in [-0.2, 0) is 28.2 Å². The molecule has 1 fully saturated rings. The molecule has 0 saturated carbocycles. The van der Waals surface area contributed by atoms with Crippen LogP contribution in [0.15, 0.2) is 49.3 Å². The van der Waals surface area contributed by atoms with E-state index in [1.165, 1.54) is 0 Å². The molecule has 2 aromatic rings. The van der Waals surface area contributed by atoms with E-state index < -0.39 is 5.79 Å². The topological polar surface area (TPSA) is 56.5 Å². The fourth-order valence-electron chi connectivity index (χ4n) is 3.14. The van der Waals surface area contributed by atoms with Gasteiger partial charge in [0, 0.05) is 42.4 Å². The Morgan fingerprint density at radius 2 is 2.20 bits per heavy atom. The van der Waals surface area contributed by atoms with Crippen molar-refractivity contribution >= 4 is 11.6 Å². The number of benzene rings is 1. The zero-order valence-corrected chi connectivity index (χ0v) is 14.9. The van der Waals surface area contributed by atoms with Gasteiger partial charge in [0.25, 0.3) is 0 Å². The molecule has 0 amide bonds. The van der Waals surface area contributed by atoms with Crippen molar-refractivity contribution in [1.82, 2.24) is 9.55 Å². The second-order valence-corrected chi connectivity index (χ2v) is 6.57. The molecule has 134 valence electrons. The summed E-state index contributed by atoms with van der Waals surface area (Å²) in [6.07, 6.45) is 7.64. The Kier molecular flexibility index (Phi) is 5.91. The molecule has 5 nitrogen and oxygen atoms in total. The Morgan fingerprint density at radius 3 is 2.88 bits per heavy atom. The Hall–Kier alpha value is -1.66. The minimum Gasteiger partial charge on any atom is -0.394 e. The normalized spacial score (nSPS) is 23.0. The predicted molar refractivity (Wildman–Crippen MR) is 96.4 cm³/mol. The first-order valence-corrected chi connectivity index (χ1v) is 8.84. The van der Waals surface area contributed by atoms with Crippen LogP contribution in [0.3, 0.4) is 0 Å². The van der Waals surface area contributed by atoms with Crippen LogP contribution in [0.5, 0.6) is 0 Å². The highest BCUT2D eigenvalue weighted by molar-refractivity contribution is 6.30. The van der Waals surface area contributed by atoms with Crippen molar-refractivity contribution in [2.24, 2.45) is 0 Å². The molecule has 0 radical (unpaired) electrons. The molecule has 25 heavy (non-hydrogen) atoms. The second-order valence-electron chi connectivity index (χ2n) is 6.13. The van der Waals surface area contributed by atoms with Gasteiger partial charge >= 0.3 is 0 Å². The summed E-state index contributed by atoms with van der Waals surface area (Å²) in [4.78, 5) is 4.41. The number of nitrogens with zero attached hydrogens (tertiary/aromatic N) is 2. The summed E-state index contributed by atoms with van der Waals surface area (Å²) in [6.45, 7) is 4.84. The van der Waals surface area contributed by atoms with Gasteiger partial charge in [-0.3, -0.25) is 0 Å². The third-order valence-electron chi connectivity index (χ3n) is 4.38. The minimum absolute atomic E-state index is 0.0565. The maximum absolute atomic E-state index is 9.41. The number of ether oxygens (including phenoxy) is 2. The molecule has 1 aromatic heterocycles. The van der Waals surface area contributed by atoms with Crippen LogP contribution in [0.2, 0.25) is 5.02 Å². The summed E-state index contributed by atoms with van der Waals surface area (Å²) < 4.78 is 14.1. The van der Waals surface area contributed by atoms with Gasteiger partial charge in [0.2, 0.25) is 0 Å². The summed E-state index contributed by atoms with van der Waals surface area (Å²) in [5, 5.41) is 10.1. The monoisotopic (exact) mass is 362 g/mol. The van der Waals surface area contributed by atoms with Crippen LogP contribution in [0, 0.1) is 0 Å². The van der Waals surface area contributed by atoms with Gasteiger partial charge in [-0.05, 0) is 18.6 Å². The second kappa shape index (κ2) is 8.15. The molecule has 1 aromatic carbocycles. The van der Waals surface area contributed by atoms with Crippen LogP contribution in [0.1, 0.15) is 24.2 Å². The molecule has 0 spiro atoms. The van der Waals surface area contributed by atoms with E-state index in [2.05, 4.69) is 16.1 Å². The van der Waals surface area contributed by atoms with E-state index in [-0.39, 0.29) is 12.7 Å². The van der Waals surface area contributed by atoms with Crippen molar-refractivity contribution in [2.75, 3.05) is 13.2 Å². The van der Waals surface area contributed by atoms with Crippen LogP contribution >= 0.6 is 11.6 Å². The van der Waals surface area contributed by atoms with E-state index >= 15 is 0 Å². The standard InChI is InChI=1S/C19H23ClN2O3/c1-2-11-22-12-10-21-18(22)4-3-9-19(24-14-17(13-23)25-19)15-5-7-16(20)8-6-15/h2,5-8,10,12,17,23H,1,3-4,9,11,13-14H2/t17-,19-/m0/s1. The lowest BCUT2D eigenvalue weighted by Crippen LogP contribution is -2.29. The van der Waals surface area contributed by atoms with Crippen LogP contribution in [0.25, 0.3) is 0 Å². The van der Waals surface area contributed by atoms with Crippen molar-refractivity contribution in [1.29, 1.82) is 0 Å². The minimum atomic E-state index is -0.839. The molecule has 0 aliphatic carbocycles. The van der Waals surface area contributed by atoms with Gasteiger partial charge in [-0.2, -0.15) is 0 Å². The highest BCUT2D eigenvalue weighted by atomic mass is 35.5. The number of imidazole rings is 1. The number of hydrogen-bond acceptors (Lipinski definition) is 4. The van der Waals surface area contributed by atoms with Crippen molar-refractivity contribution in [2.45, 2.75) is 37.7 Å². The molecular formula is C19H23ClN2O3. The zero-order valence-electron chi connectivity index (χ0n) is 14.1. The van der Waals surface area contributed by atoms with Crippen molar-refractivity contribution < 1.29 is 14.6 Å². The Labute approximate surface area is 152 Å². The molecular weight excluding hydrogens is 340 g/mol.